The number of benzene rings is 2. The number of imide groups is 1. The second-order valence-electron chi connectivity index (χ2n) is 7.92. The van der Waals surface area contributed by atoms with Crippen molar-refractivity contribution in [2.45, 2.75) is 19.4 Å². The van der Waals surface area contributed by atoms with Crippen molar-refractivity contribution in [1.29, 1.82) is 0 Å². The average molecular weight is 386 g/mol. The van der Waals surface area contributed by atoms with E-state index in [0.29, 0.717) is 6.61 Å². The number of rotatable bonds is 5. The first kappa shape index (κ1) is 17.9. The van der Waals surface area contributed by atoms with Crippen molar-refractivity contribution < 1.29 is 14.3 Å². The van der Waals surface area contributed by atoms with E-state index in [2.05, 4.69) is 17.3 Å². The van der Waals surface area contributed by atoms with E-state index in [9.17, 15) is 9.59 Å². The normalized spacial score (nSPS) is 27.7. The first-order valence-corrected chi connectivity index (χ1v) is 10.1. The molecule has 2 fully saturated rings. The molecule has 4 atom stereocenters. The molecule has 0 aromatic heterocycles. The van der Waals surface area contributed by atoms with E-state index >= 15 is 0 Å². The molecular weight excluding hydrogens is 364 g/mol. The molecule has 3 aliphatic carbocycles. The largest absolute Gasteiger partial charge is 0.489 e. The zero-order valence-corrected chi connectivity index (χ0v) is 16.0. The Bertz CT molecular complexity index is 949. The second kappa shape index (κ2) is 7.32. The molecule has 2 aromatic carbocycles. The fourth-order valence-corrected chi connectivity index (χ4v) is 4.69. The lowest BCUT2D eigenvalue weighted by molar-refractivity contribution is -0.140. The van der Waals surface area contributed by atoms with Gasteiger partial charge in [-0.3, -0.25) is 9.59 Å². The van der Waals surface area contributed by atoms with Crippen LogP contribution in [0.15, 0.2) is 71.9 Å². The minimum atomic E-state index is -0.225. The van der Waals surface area contributed by atoms with Crippen LogP contribution in [-0.4, -0.2) is 23.0 Å². The van der Waals surface area contributed by atoms with Crippen molar-refractivity contribution in [2.75, 3.05) is 0 Å². The summed E-state index contributed by atoms with van der Waals surface area (Å²) in [4.78, 5) is 25.5. The second-order valence-corrected chi connectivity index (χ2v) is 7.92. The van der Waals surface area contributed by atoms with Crippen LogP contribution in [0.3, 0.4) is 0 Å². The molecule has 2 amide bonds. The average Bonchev–Trinajstić information content (AvgIpc) is 3.05. The van der Waals surface area contributed by atoms with Crippen LogP contribution in [0, 0.1) is 23.7 Å². The third-order valence-electron chi connectivity index (χ3n) is 6.19. The molecule has 146 valence electrons. The minimum Gasteiger partial charge on any atom is -0.489 e. The van der Waals surface area contributed by atoms with E-state index in [-0.39, 0.29) is 35.5 Å². The number of hydrazone groups is 1. The van der Waals surface area contributed by atoms with Gasteiger partial charge in [0.25, 0.3) is 11.8 Å². The van der Waals surface area contributed by atoms with Gasteiger partial charge in [-0.2, -0.15) is 10.1 Å². The number of carbonyl (C=O) groups is 2. The highest BCUT2D eigenvalue weighted by Gasteiger charge is 2.56. The van der Waals surface area contributed by atoms with E-state index in [4.69, 9.17) is 4.74 Å². The maximum Gasteiger partial charge on any atom is 0.254 e. The lowest BCUT2D eigenvalue weighted by Gasteiger charge is -2.37. The van der Waals surface area contributed by atoms with Gasteiger partial charge < -0.3 is 4.74 Å². The van der Waals surface area contributed by atoms with Crippen molar-refractivity contribution in [3.8, 4) is 5.75 Å². The van der Waals surface area contributed by atoms with E-state index < -0.39 is 0 Å². The van der Waals surface area contributed by atoms with Gasteiger partial charge in [-0.1, -0.05) is 42.5 Å². The van der Waals surface area contributed by atoms with Crippen LogP contribution in [0.4, 0.5) is 0 Å². The van der Waals surface area contributed by atoms with E-state index in [1.54, 1.807) is 6.21 Å². The highest BCUT2D eigenvalue weighted by atomic mass is 16.5. The maximum absolute atomic E-state index is 12.8. The summed E-state index contributed by atoms with van der Waals surface area (Å²) in [6.07, 6.45) is 7.78. The van der Waals surface area contributed by atoms with Gasteiger partial charge in [-0.15, -0.1) is 0 Å². The molecule has 0 unspecified atom stereocenters. The van der Waals surface area contributed by atoms with Gasteiger partial charge in [0.2, 0.25) is 0 Å². The van der Waals surface area contributed by atoms with Gasteiger partial charge >= 0.3 is 0 Å². The molecule has 5 nitrogen and oxygen atoms in total. The van der Waals surface area contributed by atoms with E-state index in [1.165, 1.54) is 0 Å². The molecule has 4 aliphatic rings. The van der Waals surface area contributed by atoms with Crippen molar-refractivity contribution in [3.05, 3.63) is 77.9 Å². The summed E-state index contributed by atoms with van der Waals surface area (Å²) in [5, 5.41) is 5.33. The standard InChI is InChI=1S/C24H22N2O3/c27-23-21-18-8-9-19(11-10-18)22(21)24(28)26(23)25-14-16-6-12-20(13-7-16)29-15-17-4-2-1-3-5-17/h1-9,12-14,18-19,21-22H,10-11,15H2/b25-14-/t18-,19-,21-,22-/m0/s1. The number of ether oxygens (including phenoxy) is 1. The molecule has 6 rings (SSSR count). The smallest absolute Gasteiger partial charge is 0.254 e. The molecule has 1 heterocycles. The first-order chi connectivity index (χ1) is 14.2. The molecule has 0 N–H and O–H groups in total. The Morgan fingerprint density at radius 1 is 0.897 bits per heavy atom. The number of allylic oxidation sites excluding steroid dienone is 2. The van der Waals surface area contributed by atoms with E-state index in [1.807, 2.05) is 54.6 Å². The van der Waals surface area contributed by atoms with Gasteiger partial charge in [0.05, 0.1) is 18.1 Å². The zero-order valence-electron chi connectivity index (χ0n) is 16.0. The molecule has 1 aliphatic heterocycles. The summed E-state index contributed by atoms with van der Waals surface area (Å²) >= 11 is 0. The highest BCUT2D eigenvalue weighted by molar-refractivity contribution is 6.06. The summed E-state index contributed by atoms with van der Waals surface area (Å²) in [5.41, 5.74) is 1.92. The Labute approximate surface area is 169 Å². The van der Waals surface area contributed by atoms with Crippen LogP contribution >= 0.6 is 0 Å². The minimum absolute atomic E-state index is 0.155. The predicted molar refractivity (Wildman–Crippen MR) is 109 cm³/mol. The number of fused-ring (bicyclic) bond motifs is 1. The molecule has 5 heteroatoms. The Kier molecular flexibility index (Phi) is 4.51. The quantitative estimate of drug-likeness (QED) is 0.446. The van der Waals surface area contributed by atoms with Gasteiger partial charge in [0.15, 0.2) is 0 Å². The number of amides is 2. The monoisotopic (exact) mass is 386 g/mol. The fraction of sp³-hybridized carbons (Fsp3) is 0.292. The number of hydrogen-bond donors (Lipinski definition) is 0. The molecule has 0 spiro atoms. The van der Waals surface area contributed by atoms with Gasteiger partial charge in [0, 0.05) is 0 Å². The number of carbonyl (C=O) groups excluding carboxylic acids is 2. The van der Waals surface area contributed by atoms with Crippen molar-refractivity contribution in [3.63, 3.8) is 0 Å². The third kappa shape index (κ3) is 3.27. The number of hydrogen-bond acceptors (Lipinski definition) is 4. The summed E-state index contributed by atoms with van der Waals surface area (Å²) in [6.45, 7) is 0.504. The Hall–Kier alpha value is -3.21. The van der Waals surface area contributed by atoms with Crippen LogP contribution in [0.25, 0.3) is 0 Å². The summed E-state index contributed by atoms with van der Waals surface area (Å²) < 4.78 is 5.78. The molecule has 1 saturated heterocycles. The predicted octanol–water partition coefficient (Wildman–Crippen LogP) is 3.80. The van der Waals surface area contributed by atoms with Gasteiger partial charge in [-0.05, 0) is 60.1 Å². The molecule has 2 bridgehead atoms. The fourth-order valence-electron chi connectivity index (χ4n) is 4.69. The third-order valence-corrected chi connectivity index (χ3v) is 6.19. The van der Waals surface area contributed by atoms with Gasteiger partial charge in [-0.25, -0.2) is 0 Å². The SMILES string of the molecule is O=C1[C@@H]2[C@@H](C(=O)N1/N=C\c1ccc(OCc3ccccc3)cc1)[C@H]1C=C[C@H]2CC1. The van der Waals surface area contributed by atoms with Crippen LogP contribution in [0.1, 0.15) is 24.0 Å². The molecule has 1 saturated carbocycles. The van der Waals surface area contributed by atoms with Crippen molar-refractivity contribution in [1.82, 2.24) is 5.01 Å². The molecule has 29 heavy (non-hydrogen) atoms. The summed E-state index contributed by atoms with van der Waals surface area (Å²) in [5.74, 6) is 0.365. The van der Waals surface area contributed by atoms with Crippen LogP contribution in [-0.2, 0) is 16.2 Å². The van der Waals surface area contributed by atoms with Crippen LogP contribution in [0.2, 0.25) is 0 Å². The lowest BCUT2D eigenvalue weighted by atomic mass is 9.63. The summed E-state index contributed by atoms with van der Waals surface area (Å²) in [7, 11) is 0. The molecule has 0 radical (unpaired) electrons. The topological polar surface area (TPSA) is 59.0 Å². The van der Waals surface area contributed by atoms with E-state index in [0.717, 1.165) is 34.7 Å². The van der Waals surface area contributed by atoms with Crippen molar-refractivity contribution in [2.24, 2.45) is 28.8 Å². The summed E-state index contributed by atoms with van der Waals surface area (Å²) in [6, 6.07) is 17.4. The maximum atomic E-state index is 12.8. The Morgan fingerprint density at radius 2 is 1.52 bits per heavy atom. The van der Waals surface area contributed by atoms with Crippen LogP contribution in [0.5, 0.6) is 5.75 Å². The molecular formula is C24H22N2O3. The molecule has 2 aromatic rings. The first-order valence-electron chi connectivity index (χ1n) is 10.1. The lowest BCUT2D eigenvalue weighted by Crippen LogP contribution is -2.38. The van der Waals surface area contributed by atoms with Gasteiger partial charge in [0.1, 0.15) is 12.4 Å². The Balaban J connectivity index is 1.25. The van der Waals surface area contributed by atoms with Crippen molar-refractivity contribution >= 4 is 18.0 Å². The van der Waals surface area contributed by atoms with Crippen LogP contribution < -0.4 is 4.74 Å². The zero-order chi connectivity index (χ0) is 19.8. The highest BCUT2D eigenvalue weighted by Crippen LogP contribution is 2.49. The Morgan fingerprint density at radius 3 is 2.10 bits per heavy atom. The number of nitrogens with zero attached hydrogens (tertiary/aromatic N) is 2.